The lowest BCUT2D eigenvalue weighted by molar-refractivity contribution is -0.139. The number of rotatable bonds is 7. The van der Waals surface area contributed by atoms with E-state index in [1.807, 2.05) is 6.21 Å². The van der Waals surface area contributed by atoms with E-state index in [9.17, 15) is 13.2 Å². The summed E-state index contributed by atoms with van der Waals surface area (Å²) in [6, 6.07) is 0.469. The predicted octanol–water partition coefficient (Wildman–Crippen LogP) is 3.44. The molecule has 1 saturated carbocycles. The van der Waals surface area contributed by atoms with Crippen LogP contribution in [-0.4, -0.2) is 76.8 Å². The predicted molar refractivity (Wildman–Crippen MR) is 112 cm³/mol. The van der Waals surface area contributed by atoms with Crippen LogP contribution in [0.4, 0.5) is 13.2 Å². The summed E-state index contributed by atoms with van der Waals surface area (Å²) in [7, 11) is 0. The first-order valence-electron chi connectivity index (χ1n) is 11.3. The van der Waals surface area contributed by atoms with Crippen molar-refractivity contribution < 1.29 is 17.9 Å². The van der Waals surface area contributed by atoms with Crippen molar-refractivity contribution in [3.05, 3.63) is 11.6 Å². The molecule has 10 heteroatoms. The van der Waals surface area contributed by atoms with Gasteiger partial charge in [0.2, 0.25) is 0 Å². The number of alkyl halides is 3. The topological polar surface area (TPSA) is 67.9 Å². The van der Waals surface area contributed by atoms with Crippen molar-refractivity contribution in [2.24, 2.45) is 15.9 Å². The van der Waals surface area contributed by atoms with Gasteiger partial charge in [-0.15, -0.1) is 10.2 Å². The van der Waals surface area contributed by atoms with Gasteiger partial charge in [-0.05, 0) is 31.7 Å². The van der Waals surface area contributed by atoms with Crippen LogP contribution in [-0.2, 0) is 11.3 Å². The molecule has 2 fully saturated rings. The second-order valence-corrected chi connectivity index (χ2v) is 8.72. The quantitative estimate of drug-likeness (QED) is 0.651. The molecule has 7 nitrogen and oxygen atoms in total. The Labute approximate surface area is 180 Å². The van der Waals surface area contributed by atoms with Crippen molar-refractivity contribution in [1.29, 1.82) is 0 Å². The lowest BCUT2D eigenvalue weighted by Gasteiger charge is -2.41. The summed E-state index contributed by atoms with van der Waals surface area (Å²) >= 11 is 0. The largest absolute Gasteiger partial charge is 0.389 e. The molecule has 3 atom stereocenters. The Kier molecular flexibility index (Phi) is 7.05. The molecule has 2 aliphatic heterocycles. The van der Waals surface area contributed by atoms with Crippen LogP contribution >= 0.6 is 0 Å². The monoisotopic (exact) mass is 440 g/mol. The highest BCUT2D eigenvalue weighted by molar-refractivity contribution is 5.75. The summed E-state index contributed by atoms with van der Waals surface area (Å²) in [5, 5.41) is 8.92. The second kappa shape index (κ2) is 9.77. The molecular weight excluding hydrogens is 409 g/mol. The van der Waals surface area contributed by atoms with Crippen molar-refractivity contribution in [2.75, 3.05) is 26.4 Å². The van der Waals surface area contributed by atoms with E-state index < -0.39 is 12.6 Å². The van der Waals surface area contributed by atoms with Crippen LogP contribution < -0.4 is 0 Å². The van der Waals surface area contributed by atoms with E-state index in [-0.39, 0.29) is 24.4 Å². The van der Waals surface area contributed by atoms with Gasteiger partial charge in [-0.25, -0.2) is 0 Å². The van der Waals surface area contributed by atoms with Gasteiger partial charge in [0.1, 0.15) is 12.5 Å². The zero-order valence-electron chi connectivity index (χ0n) is 18.0. The van der Waals surface area contributed by atoms with E-state index in [0.717, 1.165) is 43.9 Å². The Bertz CT molecular complexity index is 789. The van der Waals surface area contributed by atoms with Crippen LogP contribution in [0.1, 0.15) is 63.0 Å². The summed E-state index contributed by atoms with van der Waals surface area (Å²) in [5.41, 5.74) is 0. The van der Waals surface area contributed by atoms with E-state index in [1.54, 1.807) is 6.21 Å². The molecule has 1 aliphatic carbocycles. The molecule has 3 aliphatic rings. The van der Waals surface area contributed by atoms with Crippen LogP contribution in [0.15, 0.2) is 9.98 Å². The number of hydrogen-bond acceptors (Lipinski definition) is 6. The van der Waals surface area contributed by atoms with Crippen molar-refractivity contribution in [2.45, 2.75) is 76.2 Å². The molecule has 0 radical (unpaired) electrons. The minimum absolute atomic E-state index is 0.133. The maximum absolute atomic E-state index is 12.7. The Balaban J connectivity index is 1.51. The average Bonchev–Trinajstić information content (AvgIpc) is 3.29. The van der Waals surface area contributed by atoms with Crippen LogP contribution in [0, 0.1) is 5.92 Å². The van der Waals surface area contributed by atoms with Crippen LogP contribution in [0.5, 0.6) is 0 Å². The first-order chi connectivity index (χ1) is 15.0. The van der Waals surface area contributed by atoms with Gasteiger partial charge in [0, 0.05) is 37.6 Å². The number of aromatic nitrogens is 3. The van der Waals surface area contributed by atoms with Crippen molar-refractivity contribution >= 4 is 12.4 Å². The number of nitrogens with zero attached hydrogens (tertiary/aromatic N) is 6. The van der Waals surface area contributed by atoms with Crippen LogP contribution in [0.3, 0.4) is 0 Å². The van der Waals surface area contributed by atoms with Gasteiger partial charge in [-0.1, -0.05) is 13.3 Å². The molecule has 0 spiro atoms. The van der Waals surface area contributed by atoms with Gasteiger partial charge in [0.15, 0.2) is 5.82 Å². The molecule has 3 heterocycles. The lowest BCUT2D eigenvalue weighted by atomic mass is 9.93. The van der Waals surface area contributed by atoms with Gasteiger partial charge < -0.3 is 9.30 Å². The third-order valence-electron chi connectivity index (χ3n) is 6.75. The SMILES string of the molecule is CCC1CC(N(CCCC(F)(F)F)C2COC2)CC1c1nnc2n1CCC=NCN=C2. The molecule has 172 valence electrons. The highest BCUT2D eigenvalue weighted by Crippen LogP contribution is 2.44. The van der Waals surface area contributed by atoms with Crippen molar-refractivity contribution in [3.63, 3.8) is 0 Å². The van der Waals surface area contributed by atoms with E-state index in [1.165, 1.54) is 0 Å². The molecule has 1 aromatic rings. The maximum Gasteiger partial charge on any atom is 0.389 e. The van der Waals surface area contributed by atoms with Gasteiger partial charge in [0.05, 0.1) is 25.5 Å². The Morgan fingerprint density at radius 3 is 2.71 bits per heavy atom. The van der Waals surface area contributed by atoms with E-state index in [4.69, 9.17) is 4.74 Å². The van der Waals surface area contributed by atoms with Crippen molar-refractivity contribution in [1.82, 2.24) is 19.7 Å². The minimum atomic E-state index is -4.10. The number of halogens is 3. The van der Waals surface area contributed by atoms with Crippen LogP contribution in [0.25, 0.3) is 0 Å². The molecule has 3 unspecified atom stereocenters. The Morgan fingerprint density at radius 2 is 2.00 bits per heavy atom. The maximum atomic E-state index is 12.7. The summed E-state index contributed by atoms with van der Waals surface area (Å²) in [4.78, 5) is 10.8. The molecule has 0 N–H and O–H groups in total. The van der Waals surface area contributed by atoms with Gasteiger partial charge >= 0.3 is 6.18 Å². The fraction of sp³-hybridized carbons (Fsp3) is 0.810. The minimum Gasteiger partial charge on any atom is -0.378 e. The number of fused-ring (bicyclic) bond motifs is 1. The zero-order chi connectivity index (χ0) is 21.8. The van der Waals surface area contributed by atoms with E-state index in [2.05, 4.69) is 36.6 Å². The van der Waals surface area contributed by atoms with Crippen LogP contribution in [0.2, 0.25) is 0 Å². The zero-order valence-corrected chi connectivity index (χ0v) is 18.0. The molecular formula is C21H31F3N6O. The van der Waals surface area contributed by atoms with Gasteiger partial charge in [-0.3, -0.25) is 14.9 Å². The van der Waals surface area contributed by atoms with Crippen molar-refractivity contribution in [3.8, 4) is 0 Å². The third kappa shape index (κ3) is 5.34. The number of ether oxygens (including phenoxy) is 1. The summed E-state index contributed by atoms with van der Waals surface area (Å²) in [5.74, 6) is 2.41. The molecule has 4 rings (SSSR count). The first-order valence-corrected chi connectivity index (χ1v) is 11.3. The standard InChI is InChI=1S/C21H31F3N6O/c1-2-15-9-16(29(17-12-31-13-17)7-3-5-21(22,23)24)10-18(15)20-28-27-19-11-26-14-25-6-4-8-30(19)20/h6,11,15-18H,2-5,7-10,12-14H2,1H3. The molecule has 0 amide bonds. The smallest absolute Gasteiger partial charge is 0.378 e. The Hall–Kier alpha value is -1.81. The normalized spacial score (nSPS) is 27.1. The van der Waals surface area contributed by atoms with E-state index in [0.29, 0.717) is 32.3 Å². The summed E-state index contributed by atoms with van der Waals surface area (Å²) in [6.07, 6.45) is 2.61. The summed E-state index contributed by atoms with van der Waals surface area (Å²) in [6.45, 7) is 5.03. The summed E-state index contributed by atoms with van der Waals surface area (Å²) < 4.78 is 45.7. The Morgan fingerprint density at radius 1 is 1.16 bits per heavy atom. The second-order valence-electron chi connectivity index (χ2n) is 8.72. The molecule has 0 bridgehead atoms. The molecule has 31 heavy (non-hydrogen) atoms. The fourth-order valence-corrected chi connectivity index (χ4v) is 5.11. The first kappa shape index (κ1) is 22.4. The van der Waals surface area contributed by atoms with Gasteiger partial charge in [0.25, 0.3) is 0 Å². The highest BCUT2D eigenvalue weighted by Gasteiger charge is 2.43. The highest BCUT2D eigenvalue weighted by atomic mass is 19.4. The van der Waals surface area contributed by atoms with Gasteiger partial charge in [-0.2, -0.15) is 13.2 Å². The number of aliphatic imine (C=N–C) groups is 2. The van der Waals surface area contributed by atoms with E-state index >= 15 is 0 Å². The lowest BCUT2D eigenvalue weighted by Crippen LogP contribution is -2.53. The molecule has 1 saturated heterocycles. The number of hydrogen-bond donors (Lipinski definition) is 0. The fourth-order valence-electron chi connectivity index (χ4n) is 5.11. The average molecular weight is 441 g/mol. The molecule has 1 aromatic heterocycles. The molecule has 0 aromatic carbocycles. The third-order valence-corrected chi connectivity index (χ3v) is 6.75.